The number of hydrogen-bond acceptors (Lipinski definition) is 3. The number of halogens is 3. The zero-order chi connectivity index (χ0) is 10.6. The van der Waals surface area contributed by atoms with Gasteiger partial charge < -0.3 is 5.73 Å². The summed E-state index contributed by atoms with van der Waals surface area (Å²) in [5.41, 5.74) is 5.17. The van der Waals surface area contributed by atoms with Crippen LogP contribution < -0.4 is 5.73 Å². The van der Waals surface area contributed by atoms with E-state index in [0.29, 0.717) is 13.1 Å². The van der Waals surface area contributed by atoms with Crippen LogP contribution in [0.1, 0.15) is 6.42 Å². The molecule has 1 rings (SSSR count). The lowest BCUT2D eigenvalue weighted by Gasteiger charge is -2.30. The summed E-state index contributed by atoms with van der Waals surface area (Å²) in [6, 6.07) is -1.46. The Morgan fingerprint density at radius 2 is 2.00 bits per heavy atom. The first-order valence-corrected chi connectivity index (χ1v) is 5.79. The standard InChI is InChI=1S/C8H15F3N2S/c9-8(10,11)7(6-12)13-2-1-4-14-5-3-13/h7H,1-6,12H2. The first-order valence-electron chi connectivity index (χ1n) is 4.64. The Morgan fingerprint density at radius 3 is 2.57 bits per heavy atom. The van der Waals surface area contributed by atoms with Gasteiger partial charge >= 0.3 is 6.18 Å². The maximum Gasteiger partial charge on any atom is 0.405 e. The van der Waals surface area contributed by atoms with Gasteiger partial charge in [0.25, 0.3) is 0 Å². The number of rotatable bonds is 2. The Morgan fingerprint density at radius 1 is 1.29 bits per heavy atom. The van der Waals surface area contributed by atoms with Gasteiger partial charge in [0.1, 0.15) is 6.04 Å². The normalized spacial score (nSPS) is 23.1. The molecule has 0 aromatic rings. The average Bonchev–Trinajstić information content (AvgIpc) is 2.31. The summed E-state index contributed by atoms with van der Waals surface area (Å²) in [5.74, 6) is 1.72. The lowest BCUT2D eigenvalue weighted by atomic mass is 10.2. The van der Waals surface area contributed by atoms with E-state index in [9.17, 15) is 13.2 Å². The summed E-state index contributed by atoms with van der Waals surface area (Å²) >= 11 is 1.71. The Bertz CT molecular complexity index is 166. The van der Waals surface area contributed by atoms with E-state index in [1.165, 1.54) is 4.90 Å². The number of thioether (sulfide) groups is 1. The highest BCUT2D eigenvalue weighted by molar-refractivity contribution is 7.99. The lowest BCUT2D eigenvalue weighted by Crippen LogP contribution is -2.51. The molecule has 84 valence electrons. The minimum absolute atomic E-state index is 0.339. The SMILES string of the molecule is NCC(N1CCCSCC1)C(F)(F)F. The van der Waals surface area contributed by atoms with Crippen LogP contribution in [0.25, 0.3) is 0 Å². The smallest absolute Gasteiger partial charge is 0.329 e. The first-order chi connectivity index (χ1) is 6.55. The van der Waals surface area contributed by atoms with Gasteiger partial charge in [-0.2, -0.15) is 24.9 Å². The van der Waals surface area contributed by atoms with Gasteiger partial charge in [-0.25, -0.2) is 0 Å². The van der Waals surface area contributed by atoms with E-state index in [-0.39, 0.29) is 6.54 Å². The van der Waals surface area contributed by atoms with E-state index in [2.05, 4.69) is 0 Å². The van der Waals surface area contributed by atoms with E-state index in [1.807, 2.05) is 0 Å². The maximum absolute atomic E-state index is 12.5. The molecule has 1 aliphatic rings. The monoisotopic (exact) mass is 228 g/mol. The van der Waals surface area contributed by atoms with Crippen molar-refractivity contribution in [2.45, 2.75) is 18.6 Å². The molecule has 0 amide bonds. The van der Waals surface area contributed by atoms with Crippen molar-refractivity contribution in [3.63, 3.8) is 0 Å². The van der Waals surface area contributed by atoms with Crippen molar-refractivity contribution >= 4 is 11.8 Å². The molecule has 2 N–H and O–H groups in total. The summed E-state index contributed by atoms with van der Waals surface area (Å²) in [6.45, 7) is 0.661. The van der Waals surface area contributed by atoms with Crippen LogP contribution in [-0.4, -0.2) is 48.3 Å². The van der Waals surface area contributed by atoms with Crippen LogP contribution in [0.4, 0.5) is 13.2 Å². The maximum atomic E-state index is 12.5. The van der Waals surface area contributed by atoms with E-state index in [1.54, 1.807) is 11.8 Å². The molecule has 0 bridgehead atoms. The molecule has 0 spiro atoms. The number of nitrogens with two attached hydrogens (primary N) is 1. The molecule has 1 atom stereocenters. The van der Waals surface area contributed by atoms with Crippen molar-refractivity contribution in [1.82, 2.24) is 4.90 Å². The second-order valence-electron chi connectivity index (χ2n) is 3.30. The van der Waals surface area contributed by atoms with Crippen LogP contribution in [0, 0.1) is 0 Å². The van der Waals surface area contributed by atoms with E-state index in [0.717, 1.165) is 17.9 Å². The quantitative estimate of drug-likeness (QED) is 0.773. The van der Waals surface area contributed by atoms with Gasteiger partial charge in [-0.3, -0.25) is 4.90 Å². The molecule has 1 unspecified atom stereocenters. The number of alkyl halides is 3. The highest BCUT2D eigenvalue weighted by atomic mass is 32.2. The second kappa shape index (κ2) is 5.23. The van der Waals surface area contributed by atoms with Crippen LogP contribution in [0.2, 0.25) is 0 Å². The average molecular weight is 228 g/mol. The molecule has 14 heavy (non-hydrogen) atoms. The molecule has 1 heterocycles. The summed E-state index contributed by atoms with van der Waals surface area (Å²) in [7, 11) is 0. The van der Waals surface area contributed by atoms with Crippen molar-refractivity contribution in [2.75, 3.05) is 31.1 Å². The Labute approximate surface area is 86.0 Å². The predicted octanol–water partition coefficient (Wildman–Crippen LogP) is 1.31. The fourth-order valence-electron chi connectivity index (χ4n) is 1.57. The zero-order valence-electron chi connectivity index (χ0n) is 7.89. The summed E-state index contributed by atoms with van der Waals surface area (Å²) in [5, 5.41) is 0. The van der Waals surface area contributed by atoms with Crippen LogP contribution in [0.5, 0.6) is 0 Å². The molecule has 1 fully saturated rings. The van der Waals surface area contributed by atoms with Crippen molar-refractivity contribution in [3.8, 4) is 0 Å². The Balaban J connectivity index is 2.58. The largest absolute Gasteiger partial charge is 0.405 e. The number of nitrogens with zero attached hydrogens (tertiary/aromatic N) is 1. The van der Waals surface area contributed by atoms with Gasteiger partial charge in [0.05, 0.1) is 0 Å². The van der Waals surface area contributed by atoms with Gasteiger partial charge in [-0.05, 0) is 18.7 Å². The van der Waals surface area contributed by atoms with Crippen molar-refractivity contribution in [2.24, 2.45) is 5.73 Å². The third-order valence-electron chi connectivity index (χ3n) is 2.30. The van der Waals surface area contributed by atoms with E-state index < -0.39 is 12.2 Å². The van der Waals surface area contributed by atoms with Crippen molar-refractivity contribution in [1.29, 1.82) is 0 Å². The van der Waals surface area contributed by atoms with Gasteiger partial charge in [-0.15, -0.1) is 0 Å². The predicted molar refractivity (Wildman–Crippen MR) is 52.4 cm³/mol. The third kappa shape index (κ3) is 3.33. The molecule has 1 saturated heterocycles. The fraction of sp³-hybridized carbons (Fsp3) is 1.00. The van der Waals surface area contributed by atoms with Gasteiger partial charge in [0, 0.05) is 18.8 Å². The number of hydrogen-bond donors (Lipinski definition) is 1. The van der Waals surface area contributed by atoms with Crippen LogP contribution in [-0.2, 0) is 0 Å². The molecule has 6 heteroatoms. The van der Waals surface area contributed by atoms with Crippen LogP contribution in [0.3, 0.4) is 0 Å². The highest BCUT2D eigenvalue weighted by Gasteiger charge is 2.42. The van der Waals surface area contributed by atoms with Crippen molar-refractivity contribution < 1.29 is 13.2 Å². The first kappa shape index (κ1) is 12.1. The molecule has 2 nitrogen and oxygen atoms in total. The molecular weight excluding hydrogens is 213 g/mol. The Kier molecular flexibility index (Phi) is 4.53. The minimum Gasteiger partial charge on any atom is -0.329 e. The third-order valence-corrected chi connectivity index (χ3v) is 3.35. The second-order valence-corrected chi connectivity index (χ2v) is 4.52. The summed E-state index contributed by atoms with van der Waals surface area (Å²) < 4.78 is 37.5. The molecule has 0 radical (unpaired) electrons. The molecule has 0 aromatic heterocycles. The zero-order valence-corrected chi connectivity index (χ0v) is 8.70. The molecule has 0 saturated carbocycles. The van der Waals surface area contributed by atoms with Gasteiger partial charge in [-0.1, -0.05) is 0 Å². The molecule has 1 aliphatic heterocycles. The summed E-state index contributed by atoms with van der Waals surface area (Å²) in [6.07, 6.45) is -3.37. The lowest BCUT2D eigenvalue weighted by molar-refractivity contribution is -0.180. The minimum atomic E-state index is -4.19. The molecule has 0 aromatic carbocycles. The van der Waals surface area contributed by atoms with Crippen molar-refractivity contribution in [3.05, 3.63) is 0 Å². The van der Waals surface area contributed by atoms with Gasteiger partial charge in [0.15, 0.2) is 0 Å². The Hall–Kier alpha value is 0.0600. The highest BCUT2D eigenvalue weighted by Crippen LogP contribution is 2.25. The van der Waals surface area contributed by atoms with E-state index in [4.69, 9.17) is 5.73 Å². The molecular formula is C8H15F3N2S. The molecule has 0 aliphatic carbocycles. The summed E-state index contributed by atoms with van der Waals surface area (Å²) in [4.78, 5) is 1.46. The topological polar surface area (TPSA) is 29.3 Å². The van der Waals surface area contributed by atoms with Crippen LogP contribution >= 0.6 is 11.8 Å². The van der Waals surface area contributed by atoms with Gasteiger partial charge in [0.2, 0.25) is 0 Å². The fourth-order valence-corrected chi connectivity index (χ4v) is 2.47. The van der Waals surface area contributed by atoms with Crippen LogP contribution in [0.15, 0.2) is 0 Å². The van der Waals surface area contributed by atoms with E-state index >= 15 is 0 Å².